The van der Waals surface area contributed by atoms with Crippen molar-refractivity contribution in [3.8, 4) is 0 Å². The van der Waals surface area contributed by atoms with Gasteiger partial charge in [0.25, 0.3) is 11.6 Å². The maximum atomic E-state index is 13.5. The van der Waals surface area contributed by atoms with Crippen molar-refractivity contribution in [2.75, 3.05) is 4.90 Å². The van der Waals surface area contributed by atoms with Crippen LogP contribution in [0.4, 0.5) is 10.8 Å². The number of amides is 1. The van der Waals surface area contributed by atoms with Gasteiger partial charge < -0.3 is 5.11 Å². The van der Waals surface area contributed by atoms with Crippen LogP contribution in [0.2, 0.25) is 5.02 Å². The number of nitro benzene ring substituents is 1. The quantitative estimate of drug-likeness (QED) is 0.199. The molecule has 2 aromatic heterocycles. The van der Waals surface area contributed by atoms with Crippen LogP contribution in [0.3, 0.4) is 0 Å². The Balaban J connectivity index is 1.71. The van der Waals surface area contributed by atoms with Gasteiger partial charge in [-0.15, -0.1) is 11.3 Å². The number of benzene rings is 2. The Morgan fingerprint density at radius 1 is 1.18 bits per heavy atom. The summed E-state index contributed by atoms with van der Waals surface area (Å²) in [4.78, 5) is 44.5. The second-order valence-electron chi connectivity index (χ2n) is 7.51. The first-order valence-electron chi connectivity index (χ1n) is 9.93. The lowest BCUT2D eigenvalue weighted by atomic mass is 9.95. The molecule has 1 amide bonds. The minimum absolute atomic E-state index is 0.155. The number of fused-ring (bicyclic) bond motifs is 1. The number of aryl methyl sites for hydroxylation is 1. The molecule has 2 aromatic carbocycles. The van der Waals surface area contributed by atoms with E-state index in [2.05, 4.69) is 4.98 Å². The van der Waals surface area contributed by atoms with Crippen LogP contribution in [0.25, 0.3) is 10.2 Å². The summed E-state index contributed by atoms with van der Waals surface area (Å²) in [7, 11) is 0. The van der Waals surface area contributed by atoms with Crippen molar-refractivity contribution in [3.05, 3.63) is 96.4 Å². The van der Waals surface area contributed by atoms with Gasteiger partial charge in [0.15, 0.2) is 10.9 Å². The first-order valence-corrected chi connectivity index (χ1v) is 11.9. The summed E-state index contributed by atoms with van der Waals surface area (Å²) in [6, 6.07) is 13.1. The molecule has 1 aliphatic rings. The number of non-ortho nitro benzene ring substituents is 1. The van der Waals surface area contributed by atoms with E-state index in [-0.39, 0.29) is 16.4 Å². The fraction of sp³-hybridized carbons (Fsp3) is 0.0870. The molecule has 0 bridgehead atoms. The van der Waals surface area contributed by atoms with Crippen molar-refractivity contribution < 1.29 is 19.6 Å². The van der Waals surface area contributed by atoms with Gasteiger partial charge in [-0.1, -0.05) is 41.1 Å². The standard InChI is InChI=1S/C23H14ClN3O5S2/c1-11-8-9-16(33-11)20(28)17-19(12-4-2-5-13(10-12)27(31)32)26(22(30)21(17)29)23-25-18-14(24)6-3-7-15(18)34-23/h2-10,19,29H,1H3. The summed E-state index contributed by atoms with van der Waals surface area (Å²) < 4.78 is 0.709. The number of thiazole rings is 1. The first-order chi connectivity index (χ1) is 16.3. The molecule has 1 atom stereocenters. The predicted octanol–water partition coefficient (Wildman–Crippen LogP) is 6.01. The van der Waals surface area contributed by atoms with Gasteiger partial charge in [0, 0.05) is 17.0 Å². The molecule has 34 heavy (non-hydrogen) atoms. The highest BCUT2D eigenvalue weighted by Crippen LogP contribution is 2.45. The summed E-state index contributed by atoms with van der Waals surface area (Å²) >= 11 is 8.66. The van der Waals surface area contributed by atoms with Gasteiger partial charge in [0.05, 0.1) is 31.1 Å². The molecular formula is C23H14ClN3O5S2. The summed E-state index contributed by atoms with van der Waals surface area (Å²) in [5.74, 6) is -2.05. The van der Waals surface area contributed by atoms with E-state index in [0.717, 1.165) is 4.88 Å². The van der Waals surface area contributed by atoms with E-state index >= 15 is 0 Å². The molecular weight excluding hydrogens is 498 g/mol. The molecule has 0 radical (unpaired) electrons. The van der Waals surface area contributed by atoms with E-state index in [0.29, 0.717) is 25.7 Å². The molecule has 0 aliphatic carbocycles. The van der Waals surface area contributed by atoms with Crippen LogP contribution in [-0.4, -0.2) is 26.7 Å². The van der Waals surface area contributed by atoms with Crippen LogP contribution in [0.15, 0.2) is 65.9 Å². The second-order valence-corrected chi connectivity index (χ2v) is 10.2. The number of aliphatic hydroxyl groups is 1. The number of carbonyl (C=O) groups excluding carboxylic acids is 2. The van der Waals surface area contributed by atoms with Crippen LogP contribution < -0.4 is 4.90 Å². The molecule has 3 heterocycles. The summed E-state index contributed by atoms with van der Waals surface area (Å²) in [6.07, 6.45) is 0. The van der Waals surface area contributed by atoms with Gasteiger partial charge in [-0.05, 0) is 36.8 Å². The largest absolute Gasteiger partial charge is 0.503 e. The van der Waals surface area contributed by atoms with Gasteiger partial charge >= 0.3 is 0 Å². The lowest BCUT2D eigenvalue weighted by molar-refractivity contribution is -0.384. The van der Waals surface area contributed by atoms with Crippen LogP contribution in [0, 0.1) is 17.0 Å². The monoisotopic (exact) mass is 511 g/mol. The SMILES string of the molecule is Cc1ccc(C(=O)C2=C(O)C(=O)N(c3nc4c(Cl)cccc4s3)C2c2cccc([N+](=O)[O-])c2)s1. The fourth-order valence-corrected chi connectivity index (χ4v) is 5.97. The number of carbonyl (C=O) groups is 2. The average Bonchev–Trinajstić information content (AvgIpc) is 3.50. The molecule has 170 valence electrons. The Hall–Kier alpha value is -3.60. The third-order valence-corrected chi connectivity index (χ3v) is 7.70. The van der Waals surface area contributed by atoms with Gasteiger partial charge in [-0.25, -0.2) is 4.98 Å². The second kappa shape index (κ2) is 8.32. The van der Waals surface area contributed by atoms with Crippen LogP contribution in [-0.2, 0) is 4.79 Å². The van der Waals surface area contributed by atoms with Crippen molar-refractivity contribution in [2.45, 2.75) is 13.0 Å². The number of halogens is 1. The number of anilines is 1. The number of rotatable bonds is 5. The van der Waals surface area contributed by atoms with E-state index in [9.17, 15) is 24.8 Å². The van der Waals surface area contributed by atoms with E-state index in [1.807, 2.05) is 6.92 Å². The molecule has 0 fully saturated rings. The zero-order valence-corrected chi connectivity index (χ0v) is 19.8. The van der Waals surface area contributed by atoms with Gasteiger partial charge in [0.2, 0.25) is 5.78 Å². The number of thiophene rings is 1. The van der Waals surface area contributed by atoms with Crippen LogP contribution >= 0.6 is 34.3 Å². The van der Waals surface area contributed by atoms with Crippen molar-refractivity contribution in [3.63, 3.8) is 0 Å². The third-order valence-electron chi connectivity index (χ3n) is 5.38. The third kappa shape index (κ3) is 3.56. The Morgan fingerprint density at radius 2 is 1.94 bits per heavy atom. The van der Waals surface area contributed by atoms with Crippen molar-refractivity contribution in [1.29, 1.82) is 0 Å². The normalized spacial score (nSPS) is 16.0. The lowest BCUT2D eigenvalue weighted by Crippen LogP contribution is -2.31. The number of Topliss-reactive ketones (excluding diaryl/α,β-unsaturated/α-hetero) is 1. The summed E-state index contributed by atoms with van der Waals surface area (Å²) in [5.41, 5.74) is 0.414. The molecule has 0 saturated carbocycles. The topological polar surface area (TPSA) is 114 Å². The van der Waals surface area contributed by atoms with Crippen LogP contribution in [0.5, 0.6) is 0 Å². The predicted molar refractivity (Wildman–Crippen MR) is 131 cm³/mol. The summed E-state index contributed by atoms with van der Waals surface area (Å²) in [6.45, 7) is 1.84. The van der Waals surface area contributed by atoms with E-state index in [4.69, 9.17) is 11.6 Å². The maximum absolute atomic E-state index is 13.5. The molecule has 4 aromatic rings. The Labute approximate surface area is 205 Å². The molecule has 1 N–H and O–H groups in total. The smallest absolute Gasteiger partial charge is 0.296 e. The molecule has 1 unspecified atom stereocenters. The van der Waals surface area contributed by atoms with E-state index < -0.39 is 28.4 Å². The van der Waals surface area contributed by atoms with Crippen molar-refractivity contribution in [1.82, 2.24) is 4.98 Å². The number of aromatic nitrogens is 1. The average molecular weight is 512 g/mol. The molecule has 0 saturated heterocycles. The molecule has 8 nitrogen and oxygen atoms in total. The number of hydrogen-bond donors (Lipinski definition) is 1. The Morgan fingerprint density at radius 3 is 2.62 bits per heavy atom. The number of ketones is 1. The molecule has 5 rings (SSSR count). The van der Waals surface area contributed by atoms with Crippen LogP contribution in [0.1, 0.15) is 26.2 Å². The highest BCUT2D eigenvalue weighted by atomic mass is 35.5. The van der Waals surface area contributed by atoms with Gasteiger partial charge in [-0.3, -0.25) is 24.6 Å². The lowest BCUT2D eigenvalue weighted by Gasteiger charge is -2.24. The Bertz CT molecular complexity index is 1540. The van der Waals surface area contributed by atoms with E-state index in [1.165, 1.54) is 45.8 Å². The molecule has 11 heteroatoms. The zero-order valence-electron chi connectivity index (χ0n) is 17.4. The van der Waals surface area contributed by atoms with E-state index in [1.54, 1.807) is 36.4 Å². The highest BCUT2D eigenvalue weighted by Gasteiger charge is 2.46. The summed E-state index contributed by atoms with van der Waals surface area (Å²) in [5, 5.41) is 22.9. The van der Waals surface area contributed by atoms with Gasteiger partial charge in [-0.2, -0.15) is 0 Å². The zero-order chi connectivity index (χ0) is 24.1. The Kier molecular flexibility index (Phi) is 5.43. The molecule has 1 aliphatic heterocycles. The van der Waals surface area contributed by atoms with Gasteiger partial charge in [0.1, 0.15) is 5.52 Å². The minimum Gasteiger partial charge on any atom is -0.503 e. The molecule has 0 spiro atoms. The number of nitro groups is 1. The first kappa shape index (κ1) is 22.2. The number of aliphatic hydroxyl groups excluding tert-OH is 1. The van der Waals surface area contributed by atoms with Crippen molar-refractivity contribution in [2.24, 2.45) is 0 Å². The number of para-hydroxylation sites is 1. The fourth-order valence-electron chi connectivity index (χ4n) is 3.85. The maximum Gasteiger partial charge on any atom is 0.296 e. The number of hydrogen-bond acceptors (Lipinski definition) is 8. The van der Waals surface area contributed by atoms with Crippen molar-refractivity contribution >= 4 is 67.0 Å². The minimum atomic E-state index is -1.11. The number of nitrogens with zero attached hydrogens (tertiary/aromatic N) is 3. The highest BCUT2D eigenvalue weighted by molar-refractivity contribution is 7.22.